The highest BCUT2D eigenvalue weighted by Crippen LogP contribution is 2.35. The van der Waals surface area contributed by atoms with E-state index in [1.807, 2.05) is 66.7 Å². The third-order valence-electron chi connectivity index (χ3n) is 6.45. The first-order chi connectivity index (χ1) is 18.7. The highest BCUT2D eigenvalue weighted by molar-refractivity contribution is 5.91. The number of rotatable bonds is 8. The maximum absolute atomic E-state index is 9.11. The minimum Gasteiger partial charge on any atom is -0.493 e. The zero-order valence-corrected chi connectivity index (χ0v) is 21.4. The number of benzene rings is 3. The number of nitrogens with zero attached hydrogens (tertiary/aromatic N) is 4. The van der Waals surface area contributed by atoms with Gasteiger partial charge in [0.25, 0.3) is 0 Å². The molecule has 0 saturated carbocycles. The predicted octanol–water partition coefficient (Wildman–Crippen LogP) is 4.14. The quantitative estimate of drug-likeness (QED) is 0.343. The van der Waals surface area contributed by atoms with Crippen LogP contribution in [0.2, 0.25) is 0 Å². The average molecular weight is 510 g/mol. The van der Waals surface area contributed by atoms with Gasteiger partial charge in [-0.3, -0.25) is 9.80 Å². The summed E-state index contributed by atoms with van der Waals surface area (Å²) in [5, 5.41) is 13.4. The van der Waals surface area contributed by atoms with Gasteiger partial charge in [-0.15, -0.1) is 0 Å². The van der Waals surface area contributed by atoms with Gasteiger partial charge in [0.2, 0.25) is 0 Å². The van der Waals surface area contributed by atoms with Gasteiger partial charge in [-0.05, 0) is 42.5 Å². The van der Waals surface area contributed by atoms with Gasteiger partial charge in [0.15, 0.2) is 11.5 Å². The van der Waals surface area contributed by atoms with Crippen molar-refractivity contribution in [1.29, 1.82) is 0 Å². The SMILES string of the molecule is COc1cc(Nc2ncnc3ccc(C#CCN4CCN(CCO)CC4)cc23)ccc1Oc1ccccc1. The number of anilines is 2. The van der Waals surface area contributed by atoms with E-state index >= 15 is 0 Å². The maximum atomic E-state index is 9.11. The third kappa shape index (κ3) is 6.39. The molecule has 0 atom stereocenters. The van der Waals surface area contributed by atoms with Crippen LogP contribution in [-0.4, -0.2) is 77.9 Å². The first kappa shape index (κ1) is 25.5. The van der Waals surface area contributed by atoms with Gasteiger partial charge >= 0.3 is 0 Å². The maximum Gasteiger partial charge on any atom is 0.169 e. The Kier molecular flexibility index (Phi) is 8.31. The van der Waals surface area contributed by atoms with Crippen molar-refractivity contribution in [2.45, 2.75) is 0 Å². The van der Waals surface area contributed by atoms with Crippen molar-refractivity contribution in [1.82, 2.24) is 19.8 Å². The minimum atomic E-state index is 0.212. The van der Waals surface area contributed by atoms with Crippen LogP contribution in [0.5, 0.6) is 17.2 Å². The van der Waals surface area contributed by atoms with E-state index < -0.39 is 0 Å². The molecule has 1 fully saturated rings. The van der Waals surface area contributed by atoms with Crippen molar-refractivity contribution in [3.63, 3.8) is 0 Å². The van der Waals surface area contributed by atoms with Crippen molar-refractivity contribution in [2.24, 2.45) is 0 Å². The van der Waals surface area contributed by atoms with Gasteiger partial charge in [-0.25, -0.2) is 9.97 Å². The lowest BCUT2D eigenvalue weighted by atomic mass is 10.1. The molecule has 1 aliphatic heterocycles. The zero-order valence-electron chi connectivity index (χ0n) is 21.4. The summed E-state index contributed by atoms with van der Waals surface area (Å²) in [7, 11) is 1.62. The Morgan fingerprint density at radius 1 is 0.921 bits per heavy atom. The molecule has 38 heavy (non-hydrogen) atoms. The van der Waals surface area contributed by atoms with Crippen LogP contribution in [0.1, 0.15) is 5.56 Å². The number of methoxy groups -OCH3 is 1. The summed E-state index contributed by atoms with van der Waals surface area (Å²) in [5.74, 6) is 9.28. The fourth-order valence-electron chi connectivity index (χ4n) is 4.38. The zero-order chi connectivity index (χ0) is 26.2. The van der Waals surface area contributed by atoms with Crippen LogP contribution in [0.3, 0.4) is 0 Å². The highest BCUT2D eigenvalue weighted by atomic mass is 16.5. The van der Waals surface area contributed by atoms with Crippen molar-refractivity contribution in [3.8, 4) is 29.1 Å². The molecule has 0 amide bonds. The van der Waals surface area contributed by atoms with Gasteiger partial charge in [-0.1, -0.05) is 30.0 Å². The van der Waals surface area contributed by atoms with Gasteiger partial charge in [0, 0.05) is 55.4 Å². The first-order valence-corrected chi connectivity index (χ1v) is 12.7. The number of fused-ring (bicyclic) bond motifs is 1. The van der Waals surface area contributed by atoms with Crippen molar-refractivity contribution < 1.29 is 14.6 Å². The van der Waals surface area contributed by atoms with E-state index in [-0.39, 0.29) is 6.61 Å². The predicted molar refractivity (Wildman–Crippen MR) is 149 cm³/mol. The van der Waals surface area contributed by atoms with Crippen molar-refractivity contribution >= 4 is 22.4 Å². The molecule has 2 heterocycles. The highest BCUT2D eigenvalue weighted by Gasteiger charge is 2.15. The largest absolute Gasteiger partial charge is 0.493 e. The Hall–Kier alpha value is -4.16. The fourth-order valence-corrected chi connectivity index (χ4v) is 4.38. The summed E-state index contributed by atoms with van der Waals surface area (Å²) in [6.07, 6.45) is 1.55. The van der Waals surface area contributed by atoms with Crippen LogP contribution in [0.4, 0.5) is 11.5 Å². The van der Waals surface area contributed by atoms with Gasteiger partial charge in [0.05, 0.1) is 25.8 Å². The lowest BCUT2D eigenvalue weighted by Gasteiger charge is -2.33. The molecule has 2 N–H and O–H groups in total. The molecular formula is C30H31N5O3. The van der Waals surface area contributed by atoms with Crippen molar-refractivity contribution in [3.05, 3.63) is 78.6 Å². The summed E-state index contributed by atoms with van der Waals surface area (Å²) < 4.78 is 11.6. The first-order valence-electron chi connectivity index (χ1n) is 12.7. The van der Waals surface area contributed by atoms with E-state index in [2.05, 4.69) is 36.9 Å². The molecule has 0 radical (unpaired) electrons. The monoisotopic (exact) mass is 509 g/mol. The molecule has 5 rings (SSSR count). The lowest BCUT2D eigenvalue weighted by molar-refractivity contribution is 0.121. The topological polar surface area (TPSA) is 83.0 Å². The molecule has 4 aromatic rings. The number of nitrogens with one attached hydrogen (secondary N) is 1. The number of para-hydroxylation sites is 1. The number of aromatic nitrogens is 2. The Balaban J connectivity index is 1.30. The summed E-state index contributed by atoms with van der Waals surface area (Å²) in [4.78, 5) is 13.5. The summed E-state index contributed by atoms with van der Waals surface area (Å²) in [6, 6.07) is 21.3. The molecule has 0 unspecified atom stereocenters. The standard InChI is InChI=1S/C30H31N5O3/c1-37-29-21-24(10-12-28(29)38-25-7-3-2-4-8-25)33-30-26-20-23(9-11-27(26)31-22-32-30)6-5-13-34-14-16-35(17-15-34)18-19-36/h2-4,7-12,20-22,36H,13-19H2,1H3,(H,31,32,33). The van der Waals surface area contributed by atoms with Gasteiger partial charge in [0.1, 0.15) is 17.9 Å². The molecule has 1 aliphatic rings. The van der Waals surface area contributed by atoms with E-state index in [4.69, 9.17) is 14.6 Å². The second-order valence-corrected chi connectivity index (χ2v) is 9.00. The molecule has 0 spiro atoms. The number of ether oxygens (including phenoxy) is 2. The fraction of sp³-hybridized carbons (Fsp3) is 0.267. The summed E-state index contributed by atoms with van der Waals surface area (Å²) in [5.41, 5.74) is 2.57. The number of β-amino-alcohol motifs (C(OH)–C–C–N with tert-alkyl or cyclic N) is 1. The number of hydrogen-bond acceptors (Lipinski definition) is 8. The van der Waals surface area contributed by atoms with E-state index in [0.29, 0.717) is 17.3 Å². The smallest absolute Gasteiger partial charge is 0.169 e. The number of hydrogen-bond donors (Lipinski definition) is 2. The van der Waals surface area contributed by atoms with Crippen LogP contribution in [0.25, 0.3) is 10.9 Å². The molecule has 3 aromatic carbocycles. The Bertz CT molecular complexity index is 1430. The minimum absolute atomic E-state index is 0.212. The van der Waals surface area contributed by atoms with E-state index in [1.165, 1.54) is 0 Å². The Labute approximate surface area is 222 Å². The molecule has 1 saturated heterocycles. The van der Waals surface area contributed by atoms with E-state index in [0.717, 1.165) is 67.2 Å². The van der Waals surface area contributed by atoms with Crippen LogP contribution in [0, 0.1) is 11.8 Å². The van der Waals surface area contributed by atoms with Crippen LogP contribution < -0.4 is 14.8 Å². The molecule has 8 heteroatoms. The lowest BCUT2D eigenvalue weighted by Crippen LogP contribution is -2.47. The molecular weight excluding hydrogens is 478 g/mol. The Morgan fingerprint density at radius 3 is 2.53 bits per heavy atom. The molecule has 0 bridgehead atoms. The van der Waals surface area contributed by atoms with Gasteiger partial charge < -0.3 is 19.9 Å². The van der Waals surface area contributed by atoms with E-state index in [9.17, 15) is 0 Å². The summed E-state index contributed by atoms with van der Waals surface area (Å²) in [6.45, 7) is 5.54. The summed E-state index contributed by atoms with van der Waals surface area (Å²) >= 11 is 0. The van der Waals surface area contributed by atoms with Crippen LogP contribution in [-0.2, 0) is 0 Å². The third-order valence-corrected chi connectivity index (χ3v) is 6.45. The van der Waals surface area contributed by atoms with Gasteiger partial charge in [-0.2, -0.15) is 0 Å². The number of aliphatic hydroxyl groups is 1. The average Bonchev–Trinajstić information content (AvgIpc) is 2.96. The second-order valence-electron chi connectivity index (χ2n) is 9.00. The molecule has 1 aromatic heterocycles. The van der Waals surface area contributed by atoms with E-state index in [1.54, 1.807) is 13.4 Å². The Morgan fingerprint density at radius 2 is 1.74 bits per heavy atom. The van der Waals surface area contributed by atoms with Crippen molar-refractivity contribution in [2.75, 3.05) is 58.3 Å². The number of aliphatic hydroxyl groups excluding tert-OH is 1. The van der Waals surface area contributed by atoms with Crippen LogP contribution in [0.15, 0.2) is 73.1 Å². The molecule has 194 valence electrons. The molecule has 8 nitrogen and oxygen atoms in total. The van der Waals surface area contributed by atoms with Crippen LogP contribution >= 0.6 is 0 Å². The second kappa shape index (κ2) is 12.4. The molecule has 0 aliphatic carbocycles. The normalized spacial score (nSPS) is 14.1. The number of piperazine rings is 1.